The first kappa shape index (κ1) is 16.0. The number of methoxy groups -OCH3 is 1. The predicted molar refractivity (Wildman–Crippen MR) is 84.9 cm³/mol. The number of hydrogen-bond donors (Lipinski definition) is 1. The third kappa shape index (κ3) is 4.07. The summed E-state index contributed by atoms with van der Waals surface area (Å²) in [6.45, 7) is 2.95. The number of hydrogen-bond acceptors (Lipinski definition) is 3. The van der Waals surface area contributed by atoms with E-state index in [9.17, 15) is 4.79 Å². The Labute approximate surface area is 128 Å². The second-order valence-corrected chi connectivity index (χ2v) is 6.14. The van der Waals surface area contributed by atoms with Crippen LogP contribution in [0.15, 0.2) is 30.3 Å². The fraction of sp³-hybridized carbons (Fsp3) is 0.611. The molecule has 0 unspecified atom stereocenters. The van der Waals surface area contributed by atoms with Gasteiger partial charge >= 0.3 is 5.97 Å². The fourth-order valence-corrected chi connectivity index (χ4v) is 3.38. The summed E-state index contributed by atoms with van der Waals surface area (Å²) < 4.78 is 5.08. The first-order chi connectivity index (χ1) is 10.2. The summed E-state index contributed by atoms with van der Waals surface area (Å²) in [5.74, 6) is 0.666. The van der Waals surface area contributed by atoms with Crippen molar-refractivity contribution in [2.45, 2.75) is 57.5 Å². The zero-order valence-corrected chi connectivity index (χ0v) is 13.2. The zero-order chi connectivity index (χ0) is 15.1. The number of benzene rings is 1. The number of rotatable bonds is 6. The van der Waals surface area contributed by atoms with Crippen LogP contribution < -0.4 is 5.32 Å². The maximum Gasteiger partial charge on any atom is 0.326 e. The predicted octanol–water partition coefficient (Wildman–Crippen LogP) is 3.68. The Hall–Kier alpha value is -1.35. The molecule has 0 spiro atoms. The van der Waals surface area contributed by atoms with Crippen molar-refractivity contribution >= 4 is 5.97 Å². The van der Waals surface area contributed by atoms with Crippen molar-refractivity contribution in [2.24, 2.45) is 5.92 Å². The highest BCUT2D eigenvalue weighted by Gasteiger charge is 2.42. The first-order valence-electron chi connectivity index (χ1n) is 8.07. The lowest BCUT2D eigenvalue weighted by atomic mass is 9.75. The van der Waals surface area contributed by atoms with Gasteiger partial charge in [-0.1, -0.05) is 50.1 Å². The van der Waals surface area contributed by atoms with Gasteiger partial charge in [0.2, 0.25) is 0 Å². The van der Waals surface area contributed by atoms with E-state index >= 15 is 0 Å². The highest BCUT2D eigenvalue weighted by molar-refractivity contribution is 5.80. The molecule has 1 aliphatic carbocycles. The van der Waals surface area contributed by atoms with Gasteiger partial charge in [-0.15, -0.1) is 0 Å². The zero-order valence-electron chi connectivity index (χ0n) is 13.2. The summed E-state index contributed by atoms with van der Waals surface area (Å²) in [6, 6.07) is 10.2. The molecule has 0 atom stereocenters. The van der Waals surface area contributed by atoms with E-state index in [1.807, 2.05) is 18.2 Å². The molecule has 0 aromatic heterocycles. The van der Waals surface area contributed by atoms with Crippen molar-refractivity contribution in [3.63, 3.8) is 0 Å². The van der Waals surface area contributed by atoms with Crippen molar-refractivity contribution in [1.82, 2.24) is 5.32 Å². The Balaban J connectivity index is 2.00. The summed E-state index contributed by atoms with van der Waals surface area (Å²) >= 11 is 0. The van der Waals surface area contributed by atoms with Gasteiger partial charge in [-0.3, -0.25) is 10.1 Å². The molecule has 0 amide bonds. The lowest BCUT2D eigenvalue weighted by molar-refractivity contribution is -0.150. The van der Waals surface area contributed by atoms with Crippen LogP contribution >= 0.6 is 0 Å². The summed E-state index contributed by atoms with van der Waals surface area (Å²) in [7, 11) is 1.49. The highest BCUT2D eigenvalue weighted by Crippen LogP contribution is 2.35. The van der Waals surface area contributed by atoms with Gasteiger partial charge in [0.25, 0.3) is 0 Å². The van der Waals surface area contributed by atoms with E-state index in [4.69, 9.17) is 4.74 Å². The fourth-order valence-electron chi connectivity index (χ4n) is 3.38. The highest BCUT2D eigenvalue weighted by atomic mass is 16.5. The van der Waals surface area contributed by atoms with Gasteiger partial charge in [-0.05, 0) is 37.2 Å². The number of esters is 1. The van der Waals surface area contributed by atoms with E-state index in [1.54, 1.807) is 0 Å². The maximum absolute atomic E-state index is 12.3. The minimum absolute atomic E-state index is 0.103. The molecule has 1 saturated carbocycles. The number of ether oxygens (including phenoxy) is 1. The molecule has 2 rings (SSSR count). The van der Waals surface area contributed by atoms with Crippen LogP contribution in [0.2, 0.25) is 0 Å². The van der Waals surface area contributed by atoms with Crippen LogP contribution in [0.1, 0.15) is 51.0 Å². The van der Waals surface area contributed by atoms with Crippen LogP contribution in [0.3, 0.4) is 0 Å². The molecule has 0 bridgehead atoms. The molecular weight excluding hydrogens is 262 g/mol. The van der Waals surface area contributed by atoms with Gasteiger partial charge in [0.15, 0.2) is 0 Å². The van der Waals surface area contributed by atoms with Crippen molar-refractivity contribution in [1.29, 1.82) is 0 Å². The monoisotopic (exact) mass is 289 g/mol. The van der Waals surface area contributed by atoms with Gasteiger partial charge in [0.05, 0.1) is 7.11 Å². The molecule has 0 heterocycles. The van der Waals surface area contributed by atoms with Gasteiger partial charge in [-0.2, -0.15) is 0 Å². The second kappa shape index (κ2) is 7.60. The molecular formula is C18H27NO2. The third-order valence-corrected chi connectivity index (χ3v) is 4.71. The number of nitrogens with one attached hydrogen (secondary N) is 1. The standard InChI is InChI=1S/C18H27NO2/c1-3-7-15-10-12-18(13-11-15,17(20)21-2)19-14-16-8-5-4-6-9-16/h4-6,8-9,15,19H,3,7,10-14H2,1-2H3. The van der Waals surface area contributed by atoms with Crippen LogP contribution in [0, 0.1) is 5.92 Å². The van der Waals surface area contributed by atoms with E-state index in [-0.39, 0.29) is 5.97 Å². The Bertz CT molecular complexity index is 436. The average molecular weight is 289 g/mol. The summed E-state index contributed by atoms with van der Waals surface area (Å²) in [5.41, 5.74) is 0.714. The van der Waals surface area contributed by atoms with Gasteiger partial charge in [0, 0.05) is 6.54 Å². The summed E-state index contributed by atoms with van der Waals surface area (Å²) in [5, 5.41) is 3.49. The molecule has 116 valence electrons. The summed E-state index contributed by atoms with van der Waals surface area (Å²) in [6.07, 6.45) is 6.51. The van der Waals surface area contributed by atoms with Gasteiger partial charge in [-0.25, -0.2) is 0 Å². The second-order valence-electron chi connectivity index (χ2n) is 6.14. The smallest absolute Gasteiger partial charge is 0.326 e. The van der Waals surface area contributed by atoms with E-state index in [2.05, 4.69) is 24.4 Å². The van der Waals surface area contributed by atoms with Crippen LogP contribution in [0.25, 0.3) is 0 Å². The van der Waals surface area contributed by atoms with Crippen LogP contribution in [0.4, 0.5) is 0 Å². The first-order valence-corrected chi connectivity index (χ1v) is 8.07. The van der Waals surface area contributed by atoms with E-state index in [1.165, 1.54) is 25.5 Å². The lowest BCUT2D eigenvalue weighted by Crippen LogP contribution is -2.54. The van der Waals surface area contributed by atoms with Gasteiger partial charge in [0.1, 0.15) is 5.54 Å². The third-order valence-electron chi connectivity index (χ3n) is 4.71. The molecule has 0 aliphatic heterocycles. The SMILES string of the molecule is CCCC1CCC(NCc2ccccc2)(C(=O)OC)CC1. The quantitative estimate of drug-likeness (QED) is 0.812. The Morgan fingerprint density at radius 1 is 1.29 bits per heavy atom. The maximum atomic E-state index is 12.3. The van der Waals surface area contributed by atoms with Crippen LogP contribution in [-0.4, -0.2) is 18.6 Å². The lowest BCUT2D eigenvalue weighted by Gasteiger charge is -2.38. The van der Waals surface area contributed by atoms with E-state index in [0.29, 0.717) is 6.54 Å². The molecule has 21 heavy (non-hydrogen) atoms. The van der Waals surface area contributed by atoms with E-state index in [0.717, 1.165) is 31.6 Å². The molecule has 3 nitrogen and oxygen atoms in total. The summed E-state index contributed by atoms with van der Waals surface area (Å²) in [4.78, 5) is 12.3. The number of carbonyl (C=O) groups is 1. The van der Waals surface area contributed by atoms with Crippen LogP contribution in [-0.2, 0) is 16.1 Å². The Morgan fingerprint density at radius 3 is 2.52 bits per heavy atom. The molecule has 0 radical (unpaired) electrons. The average Bonchev–Trinajstić information content (AvgIpc) is 2.55. The van der Waals surface area contributed by atoms with Crippen molar-refractivity contribution in [2.75, 3.05) is 7.11 Å². The molecule has 1 N–H and O–H groups in total. The molecule has 1 aliphatic rings. The van der Waals surface area contributed by atoms with Crippen molar-refractivity contribution in [3.05, 3.63) is 35.9 Å². The molecule has 0 saturated heterocycles. The minimum Gasteiger partial charge on any atom is -0.468 e. The normalized spacial score (nSPS) is 25.5. The van der Waals surface area contributed by atoms with Crippen LogP contribution in [0.5, 0.6) is 0 Å². The Kier molecular flexibility index (Phi) is 5.80. The molecule has 1 aromatic rings. The number of carbonyl (C=O) groups excluding carboxylic acids is 1. The molecule has 1 fully saturated rings. The Morgan fingerprint density at radius 2 is 1.95 bits per heavy atom. The minimum atomic E-state index is -0.491. The van der Waals surface area contributed by atoms with E-state index < -0.39 is 5.54 Å². The largest absolute Gasteiger partial charge is 0.468 e. The molecule has 3 heteroatoms. The topological polar surface area (TPSA) is 38.3 Å². The van der Waals surface area contributed by atoms with Crippen molar-refractivity contribution in [3.8, 4) is 0 Å². The van der Waals surface area contributed by atoms with Gasteiger partial charge < -0.3 is 4.74 Å². The van der Waals surface area contributed by atoms with Crippen molar-refractivity contribution < 1.29 is 9.53 Å². The molecule has 1 aromatic carbocycles.